The lowest BCUT2D eigenvalue weighted by Gasteiger charge is -2.42. The molecule has 19 heavy (non-hydrogen) atoms. The summed E-state index contributed by atoms with van der Waals surface area (Å²) in [4.78, 5) is 0. The second-order valence-corrected chi connectivity index (χ2v) is 5.90. The third kappa shape index (κ3) is 3.58. The monoisotopic (exact) mass is 261 g/mol. The van der Waals surface area contributed by atoms with Crippen LogP contribution in [0.5, 0.6) is 0 Å². The van der Waals surface area contributed by atoms with Crippen molar-refractivity contribution < 1.29 is 4.74 Å². The van der Waals surface area contributed by atoms with Crippen LogP contribution in [-0.2, 0) is 11.2 Å². The van der Waals surface area contributed by atoms with Crippen molar-refractivity contribution in [2.75, 3.05) is 7.11 Å². The Kier molecular flexibility index (Phi) is 5.00. The van der Waals surface area contributed by atoms with E-state index in [0.717, 1.165) is 19.3 Å². The van der Waals surface area contributed by atoms with E-state index in [4.69, 9.17) is 10.5 Å². The zero-order valence-electron chi connectivity index (χ0n) is 12.3. The molecule has 1 aliphatic rings. The molecule has 0 aliphatic heterocycles. The summed E-state index contributed by atoms with van der Waals surface area (Å²) >= 11 is 0. The van der Waals surface area contributed by atoms with Gasteiger partial charge in [0.25, 0.3) is 0 Å². The van der Waals surface area contributed by atoms with Crippen LogP contribution in [0.4, 0.5) is 0 Å². The lowest BCUT2D eigenvalue weighted by molar-refractivity contribution is -0.0816. The average Bonchev–Trinajstić information content (AvgIpc) is 2.41. The zero-order chi connectivity index (χ0) is 13.7. The van der Waals surface area contributed by atoms with Crippen LogP contribution in [0.15, 0.2) is 24.3 Å². The summed E-state index contributed by atoms with van der Waals surface area (Å²) in [5, 5.41) is 0. The summed E-state index contributed by atoms with van der Waals surface area (Å²) in [5.74, 6) is 0. The van der Waals surface area contributed by atoms with Gasteiger partial charge in [0.1, 0.15) is 0 Å². The maximum absolute atomic E-state index is 6.34. The van der Waals surface area contributed by atoms with Crippen molar-refractivity contribution in [2.24, 2.45) is 5.73 Å². The Bertz CT molecular complexity index is 375. The summed E-state index contributed by atoms with van der Waals surface area (Å²) in [5.41, 5.74) is 9.05. The van der Waals surface area contributed by atoms with E-state index in [1.54, 1.807) is 0 Å². The molecule has 1 aliphatic carbocycles. The quantitative estimate of drug-likeness (QED) is 0.805. The van der Waals surface area contributed by atoms with Crippen molar-refractivity contribution in [3.63, 3.8) is 0 Å². The van der Waals surface area contributed by atoms with Gasteiger partial charge in [-0.25, -0.2) is 0 Å². The minimum atomic E-state index is 0.0559. The number of aryl methyl sites for hydroxylation is 1. The Labute approximate surface area is 117 Å². The van der Waals surface area contributed by atoms with E-state index in [1.165, 1.54) is 36.8 Å². The third-order valence-electron chi connectivity index (χ3n) is 4.52. The number of rotatable bonds is 7. The number of hydrogen-bond donors (Lipinski definition) is 1. The van der Waals surface area contributed by atoms with Crippen LogP contribution in [0.2, 0.25) is 0 Å². The molecule has 0 amide bonds. The molecule has 0 bridgehead atoms. The molecule has 106 valence electrons. The summed E-state index contributed by atoms with van der Waals surface area (Å²) in [7, 11) is 1.82. The number of nitrogens with two attached hydrogens (primary N) is 1. The van der Waals surface area contributed by atoms with Crippen molar-refractivity contribution in [3.05, 3.63) is 35.4 Å². The minimum absolute atomic E-state index is 0.0559. The number of benzene rings is 1. The topological polar surface area (TPSA) is 35.2 Å². The predicted molar refractivity (Wildman–Crippen MR) is 80.2 cm³/mol. The van der Waals surface area contributed by atoms with E-state index in [1.807, 2.05) is 7.11 Å². The van der Waals surface area contributed by atoms with Crippen LogP contribution in [0.25, 0.3) is 0 Å². The molecular weight excluding hydrogens is 234 g/mol. The van der Waals surface area contributed by atoms with Crippen molar-refractivity contribution >= 4 is 0 Å². The smallest absolute Gasteiger partial charge is 0.0696 e. The van der Waals surface area contributed by atoms with Crippen LogP contribution in [0, 0.1) is 0 Å². The molecular formula is C17H27NO. The lowest BCUT2D eigenvalue weighted by Crippen LogP contribution is -2.41. The van der Waals surface area contributed by atoms with Crippen LogP contribution in [0.3, 0.4) is 0 Å². The Morgan fingerprint density at radius 3 is 2.42 bits per heavy atom. The number of hydrogen-bond acceptors (Lipinski definition) is 2. The summed E-state index contributed by atoms with van der Waals surface area (Å²) in [6.45, 7) is 2.23. The summed E-state index contributed by atoms with van der Waals surface area (Å²) < 4.78 is 5.66. The van der Waals surface area contributed by atoms with Gasteiger partial charge < -0.3 is 10.5 Å². The largest absolute Gasteiger partial charge is 0.378 e. The molecule has 0 spiro atoms. The zero-order valence-corrected chi connectivity index (χ0v) is 12.3. The second kappa shape index (κ2) is 6.53. The SMILES string of the molecule is CCCCc1ccc(C(N)CC2(OC)CCC2)cc1. The minimum Gasteiger partial charge on any atom is -0.378 e. The maximum atomic E-state index is 6.34. The molecule has 0 aromatic heterocycles. The van der Waals surface area contributed by atoms with E-state index in [0.29, 0.717) is 0 Å². The van der Waals surface area contributed by atoms with Crippen molar-refractivity contribution in [1.29, 1.82) is 0 Å². The fraction of sp³-hybridized carbons (Fsp3) is 0.647. The van der Waals surface area contributed by atoms with Crippen LogP contribution >= 0.6 is 0 Å². The van der Waals surface area contributed by atoms with Crippen molar-refractivity contribution in [1.82, 2.24) is 0 Å². The molecule has 1 saturated carbocycles. The first-order valence-electron chi connectivity index (χ1n) is 7.59. The molecule has 1 unspecified atom stereocenters. The number of unbranched alkanes of at least 4 members (excludes halogenated alkanes) is 1. The van der Waals surface area contributed by atoms with Gasteiger partial charge in [-0.1, -0.05) is 37.6 Å². The van der Waals surface area contributed by atoms with Gasteiger partial charge in [0.05, 0.1) is 5.60 Å². The van der Waals surface area contributed by atoms with Crippen LogP contribution in [-0.4, -0.2) is 12.7 Å². The van der Waals surface area contributed by atoms with Crippen LogP contribution < -0.4 is 5.73 Å². The average molecular weight is 261 g/mol. The van der Waals surface area contributed by atoms with E-state index in [9.17, 15) is 0 Å². The fourth-order valence-corrected chi connectivity index (χ4v) is 2.89. The fourth-order valence-electron chi connectivity index (χ4n) is 2.89. The Morgan fingerprint density at radius 2 is 1.95 bits per heavy atom. The predicted octanol–water partition coefficient (Wildman–Crippen LogP) is 3.99. The normalized spacial score (nSPS) is 18.9. The van der Waals surface area contributed by atoms with Gasteiger partial charge in [-0.3, -0.25) is 0 Å². The van der Waals surface area contributed by atoms with Crippen molar-refractivity contribution in [3.8, 4) is 0 Å². The lowest BCUT2D eigenvalue weighted by atomic mass is 9.75. The van der Waals surface area contributed by atoms with Gasteiger partial charge >= 0.3 is 0 Å². The Hall–Kier alpha value is -0.860. The van der Waals surface area contributed by atoms with Gasteiger partial charge in [-0.15, -0.1) is 0 Å². The third-order valence-corrected chi connectivity index (χ3v) is 4.52. The molecule has 0 radical (unpaired) electrons. The van der Waals surface area contributed by atoms with E-state index in [2.05, 4.69) is 31.2 Å². The van der Waals surface area contributed by atoms with Crippen LogP contribution in [0.1, 0.15) is 62.6 Å². The van der Waals surface area contributed by atoms with E-state index in [-0.39, 0.29) is 11.6 Å². The molecule has 2 nitrogen and oxygen atoms in total. The Balaban J connectivity index is 1.93. The summed E-state index contributed by atoms with van der Waals surface area (Å²) in [6, 6.07) is 8.94. The first-order chi connectivity index (χ1) is 9.19. The highest BCUT2D eigenvalue weighted by molar-refractivity contribution is 5.25. The van der Waals surface area contributed by atoms with Crippen molar-refractivity contribution in [2.45, 2.75) is 63.5 Å². The highest BCUT2D eigenvalue weighted by Gasteiger charge is 2.38. The van der Waals surface area contributed by atoms with Gasteiger partial charge in [0, 0.05) is 13.2 Å². The molecule has 2 N–H and O–H groups in total. The maximum Gasteiger partial charge on any atom is 0.0696 e. The molecule has 1 atom stereocenters. The number of methoxy groups -OCH3 is 1. The van der Waals surface area contributed by atoms with E-state index < -0.39 is 0 Å². The van der Waals surface area contributed by atoms with Gasteiger partial charge in [-0.2, -0.15) is 0 Å². The van der Waals surface area contributed by atoms with Gasteiger partial charge in [0.2, 0.25) is 0 Å². The summed E-state index contributed by atoms with van der Waals surface area (Å²) in [6.07, 6.45) is 8.22. The molecule has 1 fully saturated rings. The molecule has 0 heterocycles. The highest BCUT2D eigenvalue weighted by atomic mass is 16.5. The molecule has 2 rings (SSSR count). The first kappa shape index (κ1) is 14.5. The van der Waals surface area contributed by atoms with E-state index >= 15 is 0 Å². The second-order valence-electron chi connectivity index (χ2n) is 5.90. The first-order valence-corrected chi connectivity index (χ1v) is 7.59. The molecule has 0 saturated heterocycles. The molecule has 2 heteroatoms. The Morgan fingerprint density at radius 1 is 1.26 bits per heavy atom. The number of ether oxygens (including phenoxy) is 1. The highest BCUT2D eigenvalue weighted by Crippen LogP contribution is 2.41. The standard InChI is InChI=1S/C17H27NO/c1-3-4-6-14-7-9-15(10-8-14)16(18)13-17(19-2)11-5-12-17/h7-10,16H,3-6,11-13,18H2,1-2H3. The molecule has 1 aromatic rings. The van der Waals surface area contributed by atoms with Gasteiger partial charge in [-0.05, 0) is 49.7 Å². The molecule has 1 aromatic carbocycles. The van der Waals surface area contributed by atoms with Gasteiger partial charge in [0.15, 0.2) is 0 Å².